The Morgan fingerprint density at radius 3 is 2.80 bits per heavy atom. The summed E-state index contributed by atoms with van der Waals surface area (Å²) in [5, 5.41) is 6.66. The second-order valence-electron chi connectivity index (χ2n) is 5.18. The van der Waals surface area contributed by atoms with E-state index in [0.717, 1.165) is 25.9 Å². The average Bonchev–Trinajstić information content (AvgIpc) is 2.43. The van der Waals surface area contributed by atoms with Gasteiger partial charge in [-0.05, 0) is 45.0 Å². The van der Waals surface area contributed by atoms with Crippen LogP contribution in [0.1, 0.15) is 18.5 Å². The zero-order chi connectivity index (χ0) is 14.6. The number of pyridine rings is 1. The van der Waals surface area contributed by atoms with Crippen LogP contribution in [0.15, 0.2) is 12.1 Å². The summed E-state index contributed by atoms with van der Waals surface area (Å²) in [6, 6.07) is 3.46. The molecule has 2 N–H and O–H groups in total. The Bertz CT molecular complexity index is 482. The zero-order valence-electron chi connectivity index (χ0n) is 11.8. The summed E-state index contributed by atoms with van der Waals surface area (Å²) in [5.41, 5.74) is 0.951. The Balaban J connectivity index is 2.15. The normalized spacial score (nSPS) is 17.8. The van der Waals surface area contributed by atoms with E-state index in [4.69, 9.17) is 16.3 Å². The summed E-state index contributed by atoms with van der Waals surface area (Å²) in [4.78, 5) is 16.8. The minimum Gasteiger partial charge on any atom is -0.384 e. The van der Waals surface area contributed by atoms with Crippen LogP contribution in [-0.4, -0.2) is 37.7 Å². The van der Waals surface area contributed by atoms with Crippen molar-refractivity contribution in [2.24, 2.45) is 5.41 Å². The van der Waals surface area contributed by atoms with E-state index in [-0.39, 0.29) is 5.91 Å². The molecule has 0 atom stereocenters. The van der Waals surface area contributed by atoms with Crippen molar-refractivity contribution in [3.63, 3.8) is 0 Å². The van der Waals surface area contributed by atoms with Crippen LogP contribution >= 0.6 is 11.6 Å². The van der Waals surface area contributed by atoms with Crippen molar-refractivity contribution in [3.8, 4) is 0 Å². The fourth-order valence-corrected chi connectivity index (χ4v) is 2.73. The van der Waals surface area contributed by atoms with Gasteiger partial charge in [0.1, 0.15) is 5.15 Å². The van der Waals surface area contributed by atoms with E-state index in [1.54, 1.807) is 19.2 Å². The minimum atomic E-state index is -0.466. The SMILES string of the molecule is COCC1(C(=O)Nc2ccc(Cl)nc2C)CCNCC1. The topological polar surface area (TPSA) is 63.2 Å². The Kier molecular flexibility index (Phi) is 4.96. The first-order valence-corrected chi connectivity index (χ1v) is 7.09. The second kappa shape index (κ2) is 6.52. The van der Waals surface area contributed by atoms with Gasteiger partial charge >= 0.3 is 0 Å². The molecule has 0 saturated carbocycles. The lowest BCUT2D eigenvalue weighted by Gasteiger charge is -2.35. The summed E-state index contributed by atoms with van der Waals surface area (Å²) < 4.78 is 5.27. The van der Waals surface area contributed by atoms with Crippen molar-refractivity contribution in [2.45, 2.75) is 19.8 Å². The van der Waals surface area contributed by atoms with Crippen LogP contribution in [0.25, 0.3) is 0 Å². The van der Waals surface area contributed by atoms with Crippen molar-refractivity contribution in [1.82, 2.24) is 10.3 Å². The number of amides is 1. The first kappa shape index (κ1) is 15.2. The number of carbonyl (C=O) groups is 1. The predicted molar refractivity (Wildman–Crippen MR) is 79.0 cm³/mol. The molecule has 1 amide bonds. The smallest absolute Gasteiger partial charge is 0.233 e. The maximum Gasteiger partial charge on any atom is 0.233 e. The molecule has 110 valence electrons. The number of anilines is 1. The molecular formula is C14H20ClN3O2. The molecule has 1 aromatic heterocycles. The van der Waals surface area contributed by atoms with Crippen LogP contribution in [0, 0.1) is 12.3 Å². The molecule has 1 saturated heterocycles. The quantitative estimate of drug-likeness (QED) is 0.835. The lowest BCUT2D eigenvalue weighted by Crippen LogP contribution is -2.47. The third kappa shape index (κ3) is 3.29. The Labute approximate surface area is 124 Å². The van der Waals surface area contributed by atoms with Crippen LogP contribution in [-0.2, 0) is 9.53 Å². The number of hydrogen-bond acceptors (Lipinski definition) is 4. The van der Waals surface area contributed by atoms with E-state index in [2.05, 4.69) is 15.6 Å². The van der Waals surface area contributed by atoms with Gasteiger partial charge in [0.25, 0.3) is 0 Å². The number of hydrogen-bond donors (Lipinski definition) is 2. The zero-order valence-corrected chi connectivity index (χ0v) is 12.6. The van der Waals surface area contributed by atoms with Crippen LogP contribution < -0.4 is 10.6 Å². The molecule has 2 rings (SSSR count). The van der Waals surface area contributed by atoms with E-state index in [9.17, 15) is 4.79 Å². The van der Waals surface area contributed by atoms with E-state index in [1.165, 1.54) is 0 Å². The summed E-state index contributed by atoms with van der Waals surface area (Å²) in [6.07, 6.45) is 1.54. The Morgan fingerprint density at radius 2 is 2.20 bits per heavy atom. The lowest BCUT2D eigenvalue weighted by atomic mass is 9.78. The van der Waals surface area contributed by atoms with Gasteiger partial charge in [0.2, 0.25) is 5.91 Å². The Hall–Kier alpha value is -1.17. The van der Waals surface area contributed by atoms with Crippen molar-refractivity contribution in [3.05, 3.63) is 23.0 Å². The van der Waals surface area contributed by atoms with E-state index in [0.29, 0.717) is 23.1 Å². The number of methoxy groups -OCH3 is 1. The molecule has 1 aromatic rings. The van der Waals surface area contributed by atoms with Crippen molar-refractivity contribution in [1.29, 1.82) is 0 Å². The van der Waals surface area contributed by atoms with Crippen LogP contribution in [0.3, 0.4) is 0 Å². The molecule has 0 aliphatic carbocycles. The molecule has 0 radical (unpaired) electrons. The number of halogens is 1. The van der Waals surface area contributed by atoms with Crippen molar-refractivity contribution < 1.29 is 9.53 Å². The van der Waals surface area contributed by atoms with Gasteiger partial charge in [-0.15, -0.1) is 0 Å². The lowest BCUT2D eigenvalue weighted by molar-refractivity contribution is -0.130. The number of nitrogens with one attached hydrogen (secondary N) is 2. The molecule has 5 nitrogen and oxygen atoms in total. The Morgan fingerprint density at radius 1 is 1.50 bits per heavy atom. The van der Waals surface area contributed by atoms with Crippen molar-refractivity contribution in [2.75, 3.05) is 32.1 Å². The molecule has 0 unspecified atom stereocenters. The van der Waals surface area contributed by atoms with Gasteiger partial charge in [0, 0.05) is 7.11 Å². The molecular weight excluding hydrogens is 278 g/mol. The van der Waals surface area contributed by atoms with Crippen LogP contribution in [0.2, 0.25) is 5.15 Å². The van der Waals surface area contributed by atoms with E-state index in [1.807, 2.05) is 6.92 Å². The van der Waals surface area contributed by atoms with Crippen LogP contribution in [0.5, 0.6) is 0 Å². The number of carbonyl (C=O) groups excluding carboxylic acids is 1. The highest BCUT2D eigenvalue weighted by Gasteiger charge is 2.39. The van der Waals surface area contributed by atoms with Crippen LogP contribution in [0.4, 0.5) is 5.69 Å². The molecule has 6 heteroatoms. The van der Waals surface area contributed by atoms with Gasteiger partial charge in [-0.2, -0.15) is 0 Å². The third-order valence-electron chi connectivity index (χ3n) is 3.76. The number of piperidine rings is 1. The summed E-state index contributed by atoms with van der Waals surface area (Å²) in [5.74, 6) is -0.00641. The maximum absolute atomic E-state index is 12.6. The highest BCUT2D eigenvalue weighted by molar-refractivity contribution is 6.29. The molecule has 2 heterocycles. The summed E-state index contributed by atoms with van der Waals surface area (Å²) >= 11 is 5.83. The molecule has 0 bridgehead atoms. The number of ether oxygens (including phenoxy) is 1. The monoisotopic (exact) mass is 297 g/mol. The summed E-state index contributed by atoms with van der Waals surface area (Å²) in [7, 11) is 1.63. The fourth-order valence-electron chi connectivity index (χ4n) is 2.54. The minimum absolute atomic E-state index is 0.00641. The van der Waals surface area contributed by atoms with Crippen molar-refractivity contribution >= 4 is 23.2 Å². The highest BCUT2D eigenvalue weighted by atomic mass is 35.5. The predicted octanol–water partition coefficient (Wildman–Crippen LogP) is 2.00. The molecule has 20 heavy (non-hydrogen) atoms. The maximum atomic E-state index is 12.6. The fraction of sp³-hybridized carbons (Fsp3) is 0.571. The van der Waals surface area contributed by atoms with Gasteiger partial charge in [0.05, 0.1) is 23.4 Å². The van der Waals surface area contributed by atoms with Gasteiger partial charge in [-0.1, -0.05) is 11.6 Å². The first-order chi connectivity index (χ1) is 9.57. The largest absolute Gasteiger partial charge is 0.384 e. The molecule has 0 spiro atoms. The highest BCUT2D eigenvalue weighted by Crippen LogP contribution is 2.31. The summed E-state index contributed by atoms with van der Waals surface area (Å²) in [6.45, 7) is 3.91. The van der Waals surface area contributed by atoms with E-state index < -0.39 is 5.41 Å². The van der Waals surface area contributed by atoms with Gasteiger partial charge in [-0.25, -0.2) is 4.98 Å². The average molecular weight is 298 g/mol. The number of rotatable bonds is 4. The van der Waals surface area contributed by atoms with Gasteiger partial charge < -0.3 is 15.4 Å². The molecule has 1 fully saturated rings. The standard InChI is InChI=1S/C14H20ClN3O2/c1-10-11(3-4-12(15)17-10)18-13(19)14(9-20-2)5-7-16-8-6-14/h3-4,16H,5-9H2,1-2H3,(H,18,19). The molecule has 1 aliphatic heterocycles. The molecule has 0 aromatic carbocycles. The number of aryl methyl sites for hydroxylation is 1. The number of aromatic nitrogens is 1. The third-order valence-corrected chi connectivity index (χ3v) is 3.97. The van der Waals surface area contributed by atoms with Gasteiger partial charge in [-0.3, -0.25) is 4.79 Å². The first-order valence-electron chi connectivity index (χ1n) is 6.72. The second-order valence-corrected chi connectivity index (χ2v) is 5.57. The van der Waals surface area contributed by atoms with Gasteiger partial charge in [0.15, 0.2) is 0 Å². The molecule has 1 aliphatic rings. The number of nitrogens with zero attached hydrogens (tertiary/aromatic N) is 1. The van der Waals surface area contributed by atoms with E-state index >= 15 is 0 Å².